The van der Waals surface area contributed by atoms with Crippen LogP contribution in [0.3, 0.4) is 0 Å². The van der Waals surface area contributed by atoms with Crippen LogP contribution in [0.1, 0.15) is 37.8 Å². The highest BCUT2D eigenvalue weighted by atomic mass is 14.8. The molecule has 0 bridgehead atoms. The summed E-state index contributed by atoms with van der Waals surface area (Å²) in [6.07, 6.45) is 9.02. The molecule has 3 atom stereocenters. The quantitative estimate of drug-likeness (QED) is 0.777. The average Bonchev–Trinajstić information content (AvgIpc) is 2.65. The molecule has 2 rings (SSSR count). The minimum atomic E-state index is 0.126. The van der Waals surface area contributed by atoms with Crippen molar-refractivity contribution in [2.75, 3.05) is 0 Å². The first kappa shape index (κ1) is 9.59. The summed E-state index contributed by atoms with van der Waals surface area (Å²) in [6.45, 7) is 2.30. The van der Waals surface area contributed by atoms with Crippen LogP contribution >= 0.6 is 0 Å². The number of hydrogen-bond acceptors (Lipinski definition) is 3. The molecule has 0 aromatic carbocycles. The lowest BCUT2D eigenvalue weighted by molar-refractivity contribution is 0.427. The highest BCUT2D eigenvalue weighted by Gasteiger charge is 2.27. The molecule has 1 aromatic rings. The van der Waals surface area contributed by atoms with Gasteiger partial charge in [0, 0.05) is 24.0 Å². The van der Waals surface area contributed by atoms with Gasteiger partial charge in [-0.05, 0) is 24.7 Å². The third-order valence-corrected chi connectivity index (χ3v) is 3.21. The van der Waals surface area contributed by atoms with Crippen molar-refractivity contribution >= 4 is 0 Å². The van der Waals surface area contributed by atoms with E-state index in [-0.39, 0.29) is 6.04 Å². The summed E-state index contributed by atoms with van der Waals surface area (Å²) in [4.78, 5) is 8.01. The number of nitrogens with zero attached hydrogens (tertiary/aromatic N) is 2. The van der Waals surface area contributed by atoms with E-state index in [0.717, 1.165) is 11.5 Å². The molecule has 76 valence electrons. The molecule has 0 amide bonds. The van der Waals surface area contributed by atoms with Gasteiger partial charge in [-0.25, -0.2) is 9.97 Å². The van der Waals surface area contributed by atoms with E-state index in [4.69, 9.17) is 5.73 Å². The summed E-state index contributed by atoms with van der Waals surface area (Å²) < 4.78 is 0. The Kier molecular flexibility index (Phi) is 2.77. The fraction of sp³-hybridized carbons (Fsp3) is 0.636. The number of aromatic nitrogens is 2. The van der Waals surface area contributed by atoms with Gasteiger partial charge in [0.25, 0.3) is 0 Å². The molecule has 14 heavy (non-hydrogen) atoms. The molecule has 3 unspecified atom stereocenters. The lowest BCUT2D eigenvalue weighted by Crippen LogP contribution is -2.19. The molecule has 1 aromatic heterocycles. The minimum absolute atomic E-state index is 0.126. The Balaban J connectivity index is 2.05. The van der Waals surface area contributed by atoms with Gasteiger partial charge in [-0.3, -0.25) is 0 Å². The maximum Gasteiger partial charge on any atom is 0.115 e. The fourth-order valence-corrected chi connectivity index (χ4v) is 2.33. The van der Waals surface area contributed by atoms with Gasteiger partial charge in [0.1, 0.15) is 6.33 Å². The third-order valence-electron chi connectivity index (χ3n) is 3.21. The fourth-order valence-electron chi connectivity index (χ4n) is 2.33. The second-order valence-corrected chi connectivity index (χ2v) is 4.38. The van der Waals surface area contributed by atoms with Gasteiger partial charge in [-0.2, -0.15) is 0 Å². The topological polar surface area (TPSA) is 51.8 Å². The highest BCUT2D eigenvalue weighted by Crippen LogP contribution is 2.37. The van der Waals surface area contributed by atoms with Crippen molar-refractivity contribution in [1.29, 1.82) is 0 Å². The summed E-state index contributed by atoms with van der Waals surface area (Å²) in [5.41, 5.74) is 7.26. The van der Waals surface area contributed by atoms with Crippen LogP contribution in [-0.4, -0.2) is 9.97 Å². The van der Waals surface area contributed by atoms with Crippen molar-refractivity contribution in [2.24, 2.45) is 17.6 Å². The van der Waals surface area contributed by atoms with E-state index >= 15 is 0 Å². The van der Waals surface area contributed by atoms with Crippen LogP contribution < -0.4 is 5.73 Å². The Hall–Kier alpha value is -0.960. The molecule has 2 N–H and O–H groups in total. The summed E-state index contributed by atoms with van der Waals surface area (Å²) in [6, 6.07) is 0.126. The standard InChI is InChI=1S/C11H17N3/c1-8-2-3-9(4-8)11(12)10-5-13-7-14-6-10/h5-9,11H,2-4,12H2,1H3. The molecule has 3 heteroatoms. The van der Waals surface area contributed by atoms with E-state index in [0.29, 0.717) is 5.92 Å². The van der Waals surface area contributed by atoms with Gasteiger partial charge in [-0.1, -0.05) is 13.3 Å². The third kappa shape index (κ3) is 1.93. The van der Waals surface area contributed by atoms with Gasteiger partial charge in [0.2, 0.25) is 0 Å². The molecule has 0 spiro atoms. The van der Waals surface area contributed by atoms with Crippen molar-refractivity contribution in [2.45, 2.75) is 32.2 Å². The molecule has 3 nitrogen and oxygen atoms in total. The van der Waals surface area contributed by atoms with Crippen LogP contribution in [-0.2, 0) is 0 Å². The summed E-state index contributed by atoms with van der Waals surface area (Å²) in [5, 5.41) is 0. The Morgan fingerprint density at radius 1 is 1.36 bits per heavy atom. The monoisotopic (exact) mass is 191 g/mol. The van der Waals surface area contributed by atoms with Gasteiger partial charge >= 0.3 is 0 Å². The Morgan fingerprint density at radius 3 is 2.64 bits per heavy atom. The Morgan fingerprint density at radius 2 is 2.07 bits per heavy atom. The van der Waals surface area contributed by atoms with E-state index in [1.165, 1.54) is 19.3 Å². The molecule has 1 aliphatic rings. The molecule has 1 aliphatic carbocycles. The zero-order valence-electron chi connectivity index (χ0n) is 8.56. The smallest absolute Gasteiger partial charge is 0.115 e. The molecule has 0 aliphatic heterocycles. The van der Waals surface area contributed by atoms with Crippen LogP contribution in [0.2, 0.25) is 0 Å². The molecule has 1 saturated carbocycles. The van der Waals surface area contributed by atoms with Crippen molar-refractivity contribution < 1.29 is 0 Å². The molecule has 1 heterocycles. The molecule has 0 saturated heterocycles. The highest BCUT2D eigenvalue weighted by molar-refractivity contribution is 5.10. The lowest BCUT2D eigenvalue weighted by atomic mass is 9.93. The second kappa shape index (κ2) is 4.05. The van der Waals surface area contributed by atoms with Gasteiger partial charge in [0.05, 0.1) is 0 Å². The lowest BCUT2D eigenvalue weighted by Gasteiger charge is -2.18. The van der Waals surface area contributed by atoms with Crippen LogP contribution in [0.15, 0.2) is 18.7 Å². The van der Waals surface area contributed by atoms with Crippen LogP contribution in [0.5, 0.6) is 0 Å². The Labute approximate surface area is 84.8 Å². The normalized spacial score (nSPS) is 29.0. The maximum atomic E-state index is 6.18. The van der Waals surface area contributed by atoms with Crippen molar-refractivity contribution in [3.05, 3.63) is 24.3 Å². The van der Waals surface area contributed by atoms with Gasteiger partial charge in [-0.15, -0.1) is 0 Å². The molecule has 1 fully saturated rings. The van der Waals surface area contributed by atoms with E-state index in [1.807, 2.05) is 12.4 Å². The van der Waals surface area contributed by atoms with Crippen molar-refractivity contribution in [3.63, 3.8) is 0 Å². The van der Waals surface area contributed by atoms with Crippen LogP contribution in [0, 0.1) is 11.8 Å². The number of hydrogen-bond donors (Lipinski definition) is 1. The summed E-state index contributed by atoms with van der Waals surface area (Å²) in [7, 11) is 0. The zero-order chi connectivity index (χ0) is 9.97. The van der Waals surface area contributed by atoms with Gasteiger partial charge in [0.15, 0.2) is 0 Å². The predicted molar refractivity (Wildman–Crippen MR) is 55.5 cm³/mol. The van der Waals surface area contributed by atoms with Crippen LogP contribution in [0.25, 0.3) is 0 Å². The average molecular weight is 191 g/mol. The van der Waals surface area contributed by atoms with Crippen LogP contribution in [0.4, 0.5) is 0 Å². The first-order valence-corrected chi connectivity index (χ1v) is 5.28. The first-order chi connectivity index (χ1) is 6.77. The van der Waals surface area contributed by atoms with E-state index in [9.17, 15) is 0 Å². The first-order valence-electron chi connectivity index (χ1n) is 5.28. The number of nitrogens with two attached hydrogens (primary N) is 1. The molecule has 0 radical (unpaired) electrons. The summed E-state index contributed by atoms with van der Waals surface area (Å²) in [5.74, 6) is 1.45. The van der Waals surface area contributed by atoms with Crippen molar-refractivity contribution in [3.8, 4) is 0 Å². The largest absolute Gasteiger partial charge is 0.324 e. The van der Waals surface area contributed by atoms with Gasteiger partial charge < -0.3 is 5.73 Å². The second-order valence-electron chi connectivity index (χ2n) is 4.38. The predicted octanol–water partition coefficient (Wildman–Crippen LogP) is 1.91. The summed E-state index contributed by atoms with van der Waals surface area (Å²) >= 11 is 0. The maximum absolute atomic E-state index is 6.18. The van der Waals surface area contributed by atoms with E-state index in [1.54, 1.807) is 6.33 Å². The zero-order valence-corrected chi connectivity index (χ0v) is 8.56. The Bertz CT molecular complexity index is 286. The minimum Gasteiger partial charge on any atom is -0.324 e. The number of rotatable bonds is 2. The van der Waals surface area contributed by atoms with E-state index < -0.39 is 0 Å². The van der Waals surface area contributed by atoms with E-state index in [2.05, 4.69) is 16.9 Å². The molecular formula is C11H17N3. The van der Waals surface area contributed by atoms with Crippen molar-refractivity contribution in [1.82, 2.24) is 9.97 Å². The molecular weight excluding hydrogens is 174 g/mol. The SMILES string of the molecule is CC1CCC(C(N)c2cncnc2)C1.